The Hall–Kier alpha value is -0.630. The summed E-state index contributed by atoms with van der Waals surface area (Å²) in [7, 11) is 0. The predicted octanol–water partition coefficient (Wildman–Crippen LogP) is 2.91. The van der Waals surface area contributed by atoms with E-state index in [-0.39, 0.29) is 11.2 Å². The Morgan fingerprint density at radius 1 is 1.73 bits per heavy atom. The normalized spacial score (nSPS) is 13.0. The van der Waals surface area contributed by atoms with Crippen LogP contribution in [-0.4, -0.2) is 4.98 Å². The van der Waals surface area contributed by atoms with Gasteiger partial charge in [0.1, 0.15) is 5.82 Å². The molecule has 1 aromatic rings. The lowest BCUT2D eigenvalue weighted by Crippen LogP contribution is -1.96. The summed E-state index contributed by atoms with van der Waals surface area (Å²) in [6, 6.07) is 2.92. The van der Waals surface area contributed by atoms with Gasteiger partial charge in [0.2, 0.25) is 0 Å². The van der Waals surface area contributed by atoms with Crippen molar-refractivity contribution in [1.29, 1.82) is 0 Å². The first-order valence-electron chi connectivity index (χ1n) is 3.50. The maximum absolute atomic E-state index is 12.9. The summed E-state index contributed by atoms with van der Waals surface area (Å²) in [4.78, 5) is 3.84. The Morgan fingerprint density at radius 2 is 2.45 bits per heavy atom. The highest BCUT2D eigenvalue weighted by atomic mass is 35.5. The lowest BCUT2D eigenvalue weighted by molar-refractivity contribution is 0.592. The van der Waals surface area contributed by atoms with E-state index in [0.717, 1.165) is 0 Å². The van der Waals surface area contributed by atoms with Gasteiger partial charge in [0.15, 0.2) is 0 Å². The van der Waals surface area contributed by atoms with Crippen LogP contribution in [0.2, 0.25) is 0 Å². The molecule has 1 heterocycles. The highest BCUT2D eigenvalue weighted by Crippen LogP contribution is 2.23. The molecule has 0 aromatic carbocycles. The summed E-state index contributed by atoms with van der Waals surface area (Å²) < 4.78 is 12.9. The molecule has 0 bridgehead atoms. The molecule has 0 radical (unpaired) electrons. The van der Waals surface area contributed by atoms with E-state index in [2.05, 4.69) is 4.98 Å². The van der Waals surface area contributed by atoms with E-state index < -0.39 is 0 Å². The van der Waals surface area contributed by atoms with E-state index in [1.54, 1.807) is 12.3 Å². The molecule has 1 unspecified atom stereocenters. The number of nitrogens with zero attached hydrogens (tertiary/aromatic N) is 1. The molecular formula is C8H9ClFN. The van der Waals surface area contributed by atoms with Crippen molar-refractivity contribution in [3.63, 3.8) is 0 Å². The summed E-state index contributed by atoms with van der Waals surface area (Å²) in [6.07, 6.45) is 2.24. The van der Waals surface area contributed by atoms with Gasteiger partial charge in [0.25, 0.3) is 0 Å². The second kappa shape index (κ2) is 3.67. The Balaban J connectivity index is 2.93. The van der Waals surface area contributed by atoms with E-state index >= 15 is 0 Å². The van der Waals surface area contributed by atoms with Gasteiger partial charge in [0, 0.05) is 6.20 Å². The Bertz CT molecular complexity index is 239. The van der Waals surface area contributed by atoms with E-state index in [4.69, 9.17) is 11.6 Å². The van der Waals surface area contributed by atoms with Gasteiger partial charge in [-0.2, -0.15) is 0 Å². The van der Waals surface area contributed by atoms with Crippen LogP contribution in [0.1, 0.15) is 24.4 Å². The fourth-order valence-electron chi connectivity index (χ4n) is 0.822. The highest BCUT2D eigenvalue weighted by molar-refractivity contribution is 6.20. The summed E-state index contributed by atoms with van der Waals surface area (Å²) in [5.41, 5.74) is 0.344. The summed E-state index contributed by atoms with van der Waals surface area (Å²) >= 11 is 5.79. The molecule has 0 amide bonds. The largest absolute Gasteiger partial charge is 0.257 e. The van der Waals surface area contributed by atoms with Crippen molar-refractivity contribution in [2.75, 3.05) is 0 Å². The zero-order chi connectivity index (χ0) is 8.27. The topological polar surface area (TPSA) is 12.9 Å². The molecule has 1 atom stereocenters. The first-order valence-corrected chi connectivity index (χ1v) is 3.93. The van der Waals surface area contributed by atoms with Crippen LogP contribution in [0.15, 0.2) is 18.3 Å². The van der Waals surface area contributed by atoms with Gasteiger partial charge >= 0.3 is 0 Å². The summed E-state index contributed by atoms with van der Waals surface area (Å²) in [5, 5.41) is -0.309. The first kappa shape index (κ1) is 8.47. The highest BCUT2D eigenvalue weighted by Gasteiger charge is 2.10. The number of pyridine rings is 1. The molecule has 0 aliphatic heterocycles. The molecule has 1 nitrogen and oxygen atoms in total. The van der Waals surface area contributed by atoms with Crippen molar-refractivity contribution >= 4 is 11.6 Å². The molecule has 0 saturated carbocycles. The molecule has 0 fully saturated rings. The van der Waals surface area contributed by atoms with Gasteiger partial charge in [-0.1, -0.05) is 6.92 Å². The standard InChI is InChI=1S/C8H9ClFN/c1-2-6(9)8-7(10)4-3-5-11-8/h3-6H,2H2,1H3. The number of aromatic nitrogens is 1. The van der Waals surface area contributed by atoms with Crippen molar-refractivity contribution in [2.24, 2.45) is 0 Å². The molecule has 60 valence electrons. The van der Waals surface area contributed by atoms with Crippen LogP contribution >= 0.6 is 11.6 Å². The molecule has 11 heavy (non-hydrogen) atoms. The molecule has 0 saturated heterocycles. The Morgan fingerprint density at radius 3 is 3.00 bits per heavy atom. The lowest BCUT2D eigenvalue weighted by Gasteiger charge is -2.05. The van der Waals surface area contributed by atoms with Gasteiger partial charge in [-0.3, -0.25) is 4.98 Å². The molecule has 0 aliphatic rings. The fourth-order valence-corrected chi connectivity index (χ4v) is 0.982. The van der Waals surface area contributed by atoms with Crippen molar-refractivity contribution in [3.8, 4) is 0 Å². The molecule has 1 aromatic heterocycles. The van der Waals surface area contributed by atoms with Gasteiger partial charge in [-0.25, -0.2) is 4.39 Å². The number of rotatable bonds is 2. The van der Waals surface area contributed by atoms with Crippen LogP contribution in [0.3, 0.4) is 0 Å². The smallest absolute Gasteiger partial charge is 0.146 e. The van der Waals surface area contributed by atoms with Gasteiger partial charge in [0.05, 0.1) is 11.1 Å². The first-order chi connectivity index (χ1) is 5.25. The monoisotopic (exact) mass is 173 g/mol. The maximum Gasteiger partial charge on any atom is 0.146 e. The second-order valence-electron chi connectivity index (χ2n) is 2.25. The molecular weight excluding hydrogens is 165 g/mol. The molecule has 3 heteroatoms. The minimum Gasteiger partial charge on any atom is -0.257 e. The zero-order valence-electron chi connectivity index (χ0n) is 6.22. The van der Waals surface area contributed by atoms with E-state index in [1.807, 2.05) is 6.92 Å². The zero-order valence-corrected chi connectivity index (χ0v) is 6.98. The molecule has 1 rings (SSSR count). The van der Waals surface area contributed by atoms with Crippen LogP contribution in [-0.2, 0) is 0 Å². The number of alkyl halides is 1. The Kier molecular flexibility index (Phi) is 2.83. The third kappa shape index (κ3) is 1.90. The van der Waals surface area contributed by atoms with Crippen LogP contribution in [0, 0.1) is 5.82 Å². The van der Waals surface area contributed by atoms with Crippen LogP contribution in [0.25, 0.3) is 0 Å². The number of hydrogen-bond acceptors (Lipinski definition) is 1. The predicted molar refractivity (Wildman–Crippen MR) is 43.1 cm³/mol. The molecule has 0 aliphatic carbocycles. The summed E-state index contributed by atoms with van der Waals surface area (Å²) in [5.74, 6) is -0.325. The molecule has 0 spiro atoms. The quantitative estimate of drug-likeness (QED) is 0.627. The van der Waals surface area contributed by atoms with Crippen molar-refractivity contribution in [2.45, 2.75) is 18.7 Å². The number of halogens is 2. The van der Waals surface area contributed by atoms with Crippen molar-refractivity contribution in [3.05, 3.63) is 29.8 Å². The van der Waals surface area contributed by atoms with Crippen LogP contribution < -0.4 is 0 Å². The second-order valence-corrected chi connectivity index (χ2v) is 2.77. The minimum absolute atomic E-state index is 0.309. The van der Waals surface area contributed by atoms with Gasteiger partial charge in [-0.15, -0.1) is 11.6 Å². The lowest BCUT2D eigenvalue weighted by atomic mass is 10.2. The fraction of sp³-hybridized carbons (Fsp3) is 0.375. The van der Waals surface area contributed by atoms with Crippen LogP contribution in [0.5, 0.6) is 0 Å². The SMILES string of the molecule is CCC(Cl)c1ncccc1F. The van der Waals surface area contributed by atoms with Gasteiger partial charge < -0.3 is 0 Å². The summed E-state index contributed by atoms with van der Waals surface area (Å²) in [6.45, 7) is 1.89. The van der Waals surface area contributed by atoms with E-state index in [1.165, 1.54) is 6.07 Å². The third-order valence-corrected chi connectivity index (χ3v) is 1.96. The van der Waals surface area contributed by atoms with Crippen molar-refractivity contribution < 1.29 is 4.39 Å². The Labute approximate surface area is 70.2 Å². The van der Waals surface area contributed by atoms with Crippen LogP contribution in [0.4, 0.5) is 4.39 Å². The van der Waals surface area contributed by atoms with Gasteiger partial charge in [-0.05, 0) is 18.6 Å². The average molecular weight is 174 g/mol. The third-order valence-electron chi connectivity index (χ3n) is 1.44. The minimum atomic E-state index is -0.325. The van der Waals surface area contributed by atoms with Crippen molar-refractivity contribution in [1.82, 2.24) is 4.98 Å². The average Bonchev–Trinajstić information content (AvgIpc) is 2.04. The molecule has 0 N–H and O–H groups in total. The maximum atomic E-state index is 12.9. The van der Waals surface area contributed by atoms with E-state index in [9.17, 15) is 4.39 Å². The number of hydrogen-bond donors (Lipinski definition) is 0. The van der Waals surface area contributed by atoms with E-state index in [0.29, 0.717) is 12.1 Å².